The summed E-state index contributed by atoms with van der Waals surface area (Å²) in [6.07, 6.45) is 6.52. The number of carbonyl (C=O) groups excluding carboxylic acids is 2. The highest BCUT2D eigenvalue weighted by molar-refractivity contribution is 5.87. The number of esters is 2. The van der Waals surface area contributed by atoms with Crippen molar-refractivity contribution in [1.82, 2.24) is 0 Å². The van der Waals surface area contributed by atoms with Crippen molar-refractivity contribution in [3.63, 3.8) is 0 Å². The molecule has 49 heavy (non-hydrogen) atoms. The van der Waals surface area contributed by atoms with Crippen molar-refractivity contribution in [2.45, 2.75) is 12.2 Å². The third-order valence-electron chi connectivity index (χ3n) is 7.00. The molecular formula is C38H36O11. The smallest absolute Gasteiger partial charge is 0.331 e. The molecule has 0 bridgehead atoms. The van der Waals surface area contributed by atoms with Gasteiger partial charge in [0.25, 0.3) is 0 Å². The zero-order chi connectivity index (χ0) is 35.2. The number of carbonyl (C=O) groups is 2. The van der Waals surface area contributed by atoms with E-state index in [4.69, 9.17) is 23.7 Å². The van der Waals surface area contributed by atoms with Crippen LogP contribution < -0.4 is 14.2 Å². The summed E-state index contributed by atoms with van der Waals surface area (Å²) >= 11 is 0. The van der Waals surface area contributed by atoms with Crippen LogP contribution in [0.15, 0.2) is 103 Å². The molecule has 11 heteroatoms. The predicted molar refractivity (Wildman–Crippen MR) is 182 cm³/mol. The summed E-state index contributed by atoms with van der Waals surface area (Å²) in [5, 5.41) is 40.2. The molecule has 254 valence electrons. The first-order valence-electron chi connectivity index (χ1n) is 15.0. The summed E-state index contributed by atoms with van der Waals surface area (Å²) in [7, 11) is 2.82. The molecule has 4 aromatic rings. The summed E-state index contributed by atoms with van der Waals surface area (Å²) in [5.74, 6) is -0.426. The molecule has 0 spiro atoms. The van der Waals surface area contributed by atoms with E-state index in [1.165, 1.54) is 74.9 Å². The Balaban J connectivity index is 1.43. The molecule has 0 amide bonds. The van der Waals surface area contributed by atoms with Crippen LogP contribution in [0.2, 0.25) is 0 Å². The zero-order valence-corrected chi connectivity index (χ0v) is 26.8. The summed E-state index contributed by atoms with van der Waals surface area (Å²) in [6.45, 7) is -0.350. The lowest BCUT2D eigenvalue weighted by molar-refractivity contribution is -0.142. The fourth-order valence-corrected chi connectivity index (χ4v) is 4.41. The van der Waals surface area contributed by atoms with E-state index in [2.05, 4.69) is 0 Å². The number of aliphatic hydroxyl groups is 1. The number of aliphatic hydroxyl groups excluding tert-OH is 1. The Morgan fingerprint density at radius 3 is 1.82 bits per heavy atom. The Morgan fingerprint density at radius 1 is 0.653 bits per heavy atom. The molecule has 11 nitrogen and oxygen atoms in total. The average molecular weight is 669 g/mol. The van der Waals surface area contributed by atoms with Crippen molar-refractivity contribution in [3.05, 3.63) is 125 Å². The van der Waals surface area contributed by atoms with E-state index >= 15 is 0 Å². The fourth-order valence-electron chi connectivity index (χ4n) is 4.41. The second-order valence-electron chi connectivity index (χ2n) is 10.5. The zero-order valence-electron chi connectivity index (χ0n) is 26.8. The number of methoxy groups -OCH3 is 2. The van der Waals surface area contributed by atoms with Crippen LogP contribution in [0.4, 0.5) is 0 Å². The first-order chi connectivity index (χ1) is 23.6. The highest BCUT2D eigenvalue weighted by atomic mass is 16.6. The standard InChI is InChI=1S/C38H36O11/c1-45-33-23-28(12-17-31(33)41)38(44)35(24-48-37(43)20-11-26-7-15-30(40)16-8-26)49-32-18-9-27(22-34(32)46-2)4-3-21-47-36(42)19-10-25-5-13-29(39)14-6-25/h3-20,22-23,35,38-41,44H,21,24H2,1-2H3/b4-3+,19-10+,20-11+/t35-,38-/m0/s1. The van der Waals surface area contributed by atoms with Gasteiger partial charge in [0, 0.05) is 12.2 Å². The molecule has 0 aliphatic carbocycles. The summed E-state index contributed by atoms with van der Waals surface area (Å²) < 4.78 is 27.5. The Labute approximate surface area is 283 Å². The number of hydrogen-bond donors (Lipinski definition) is 4. The fraction of sp³-hybridized carbons (Fsp3) is 0.158. The van der Waals surface area contributed by atoms with Gasteiger partial charge < -0.3 is 44.1 Å². The second-order valence-corrected chi connectivity index (χ2v) is 10.5. The minimum absolute atomic E-state index is 0.0102. The topological polar surface area (TPSA) is 161 Å². The molecule has 4 N–H and O–H groups in total. The van der Waals surface area contributed by atoms with E-state index in [0.717, 1.165) is 5.56 Å². The normalized spacial score (nSPS) is 12.6. The Hall–Kier alpha value is -6.20. The van der Waals surface area contributed by atoms with Gasteiger partial charge >= 0.3 is 11.9 Å². The van der Waals surface area contributed by atoms with Crippen molar-refractivity contribution in [2.24, 2.45) is 0 Å². The third-order valence-corrected chi connectivity index (χ3v) is 7.00. The van der Waals surface area contributed by atoms with E-state index in [-0.39, 0.29) is 42.0 Å². The highest BCUT2D eigenvalue weighted by Crippen LogP contribution is 2.34. The maximum atomic E-state index is 12.6. The van der Waals surface area contributed by atoms with Gasteiger partial charge in [0.2, 0.25) is 0 Å². The first kappa shape index (κ1) is 35.7. The maximum Gasteiger partial charge on any atom is 0.331 e. The molecule has 4 rings (SSSR count). The molecule has 0 aliphatic heterocycles. The summed E-state index contributed by atoms with van der Waals surface area (Å²) in [4.78, 5) is 24.6. The van der Waals surface area contributed by atoms with Crippen molar-refractivity contribution >= 4 is 30.2 Å². The van der Waals surface area contributed by atoms with Crippen molar-refractivity contribution in [1.29, 1.82) is 0 Å². The Bertz CT molecular complexity index is 1790. The van der Waals surface area contributed by atoms with Gasteiger partial charge in [-0.2, -0.15) is 0 Å². The van der Waals surface area contributed by atoms with Crippen LogP contribution in [-0.4, -0.2) is 65.9 Å². The lowest BCUT2D eigenvalue weighted by Crippen LogP contribution is -2.31. The molecule has 0 radical (unpaired) electrons. The lowest BCUT2D eigenvalue weighted by atomic mass is 10.0. The quantitative estimate of drug-likeness (QED) is 0.0891. The third kappa shape index (κ3) is 10.9. The van der Waals surface area contributed by atoms with Crippen molar-refractivity contribution in [2.75, 3.05) is 27.4 Å². The largest absolute Gasteiger partial charge is 0.508 e. The van der Waals surface area contributed by atoms with Crippen molar-refractivity contribution in [3.8, 4) is 34.5 Å². The summed E-state index contributed by atoms with van der Waals surface area (Å²) in [5.41, 5.74) is 2.43. The van der Waals surface area contributed by atoms with Gasteiger partial charge in [-0.25, -0.2) is 9.59 Å². The van der Waals surface area contributed by atoms with Crippen LogP contribution in [0, 0.1) is 0 Å². The molecular weight excluding hydrogens is 632 g/mol. The van der Waals surface area contributed by atoms with E-state index in [0.29, 0.717) is 22.4 Å². The predicted octanol–water partition coefficient (Wildman–Crippen LogP) is 5.83. The molecule has 0 aromatic heterocycles. The maximum absolute atomic E-state index is 12.6. The van der Waals surface area contributed by atoms with Crippen LogP contribution in [0.1, 0.15) is 28.4 Å². The van der Waals surface area contributed by atoms with Crippen LogP contribution >= 0.6 is 0 Å². The van der Waals surface area contributed by atoms with Gasteiger partial charge in [0.1, 0.15) is 30.8 Å². The number of benzene rings is 4. The van der Waals surface area contributed by atoms with Gasteiger partial charge in [0.05, 0.1) is 14.2 Å². The molecule has 0 saturated heterocycles. The number of rotatable bonds is 15. The SMILES string of the molecule is COc1cc([C@H](O)[C@H](COC(=O)/C=C/c2ccc(O)cc2)Oc2ccc(/C=C/COC(=O)/C=C/c3ccc(O)cc3)cc2OC)ccc1O. The van der Waals surface area contributed by atoms with Crippen LogP contribution in [-0.2, 0) is 19.1 Å². The molecule has 0 unspecified atom stereocenters. The first-order valence-corrected chi connectivity index (χ1v) is 15.0. The minimum atomic E-state index is -1.33. The van der Waals surface area contributed by atoms with E-state index in [1.807, 2.05) is 0 Å². The minimum Gasteiger partial charge on any atom is -0.508 e. The molecule has 2 atom stereocenters. The number of phenolic OH excluding ortho intramolecular Hbond substituents is 3. The molecule has 0 heterocycles. The molecule has 4 aromatic carbocycles. The number of aromatic hydroxyl groups is 3. The van der Waals surface area contributed by atoms with Gasteiger partial charge in [-0.1, -0.05) is 42.5 Å². The highest BCUT2D eigenvalue weighted by Gasteiger charge is 2.27. The average Bonchev–Trinajstić information content (AvgIpc) is 3.11. The van der Waals surface area contributed by atoms with E-state index in [9.17, 15) is 30.0 Å². The molecule has 0 aliphatic rings. The number of phenols is 3. The van der Waals surface area contributed by atoms with Gasteiger partial charge in [-0.3, -0.25) is 0 Å². The Kier molecular flexibility index (Phi) is 12.8. The monoisotopic (exact) mass is 668 g/mol. The number of hydrogen-bond acceptors (Lipinski definition) is 11. The number of ether oxygens (including phenoxy) is 5. The molecule has 0 fully saturated rings. The van der Waals surface area contributed by atoms with Crippen molar-refractivity contribution < 1.29 is 53.7 Å². The molecule has 0 saturated carbocycles. The summed E-state index contributed by atoms with van der Waals surface area (Å²) in [6, 6.07) is 21.9. The second kappa shape index (κ2) is 17.6. The Morgan fingerprint density at radius 2 is 1.22 bits per heavy atom. The van der Waals surface area contributed by atoms with Crippen LogP contribution in [0.3, 0.4) is 0 Å². The van der Waals surface area contributed by atoms with Gasteiger partial charge in [-0.15, -0.1) is 0 Å². The van der Waals surface area contributed by atoms with E-state index in [1.54, 1.807) is 60.7 Å². The van der Waals surface area contributed by atoms with Gasteiger partial charge in [-0.05, 0) is 89.0 Å². The van der Waals surface area contributed by atoms with E-state index < -0.39 is 24.1 Å². The van der Waals surface area contributed by atoms with Crippen LogP contribution in [0.5, 0.6) is 34.5 Å². The van der Waals surface area contributed by atoms with Crippen LogP contribution in [0.25, 0.3) is 18.2 Å². The lowest BCUT2D eigenvalue weighted by Gasteiger charge is -2.25. The van der Waals surface area contributed by atoms with Gasteiger partial charge in [0.15, 0.2) is 29.1 Å².